The molecule has 188 valence electrons. The van der Waals surface area contributed by atoms with Crippen molar-refractivity contribution >= 4 is 22.8 Å². The lowest BCUT2D eigenvalue weighted by Crippen LogP contribution is -2.68. The first kappa shape index (κ1) is 23.9. The van der Waals surface area contributed by atoms with Crippen LogP contribution in [0.3, 0.4) is 0 Å². The lowest BCUT2D eigenvalue weighted by Gasteiger charge is -2.51. The molecule has 1 atom stereocenters. The normalized spacial score (nSPS) is 21.3. The molecule has 5 rings (SSSR count). The summed E-state index contributed by atoms with van der Waals surface area (Å²) in [6, 6.07) is 5.69. The van der Waals surface area contributed by atoms with Gasteiger partial charge in [0.2, 0.25) is 11.8 Å². The maximum absolute atomic E-state index is 13.3. The average molecular weight is 495 g/mol. The van der Waals surface area contributed by atoms with Crippen LogP contribution in [0.5, 0.6) is 0 Å². The van der Waals surface area contributed by atoms with E-state index >= 15 is 0 Å². The zero-order valence-corrected chi connectivity index (χ0v) is 19.9. The van der Waals surface area contributed by atoms with Gasteiger partial charge in [-0.25, -0.2) is 14.1 Å². The van der Waals surface area contributed by atoms with E-state index in [1.807, 2.05) is 0 Å². The van der Waals surface area contributed by atoms with Crippen LogP contribution in [-0.2, 0) is 16.1 Å². The van der Waals surface area contributed by atoms with Crippen LogP contribution < -0.4 is 5.56 Å². The molecule has 2 saturated heterocycles. The summed E-state index contributed by atoms with van der Waals surface area (Å²) >= 11 is 0. The summed E-state index contributed by atoms with van der Waals surface area (Å²) in [6.07, 6.45) is 5.14. The van der Waals surface area contributed by atoms with Crippen molar-refractivity contribution in [1.82, 2.24) is 29.1 Å². The first-order valence-electron chi connectivity index (χ1n) is 11.8. The number of aromatic nitrogens is 4. The van der Waals surface area contributed by atoms with E-state index in [1.165, 1.54) is 44.9 Å². The van der Waals surface area contributed by atoms with Crippen LogP contribution in [0.15, 0.2) is 54.2 Å². The fourth-order valence-electron chi connectivity index (χ4n) is 5.02. The van der Waals surface area contributed by atoms with E-state index in [0.29, 0.717) is 37.4 Å². The second-order valence-electron chi connectivity index (χ2n) is 9.68. The van der Waals surface area contributed by atoms with Gasteiger partial charge in [-0.2, -0.15) is 5.10 Å². The Kier molecular flexibility index (Phi) is 5.74. The Hall–Kier alpha value is -3.86. The van der Waals surface area contributed by atoms with Crippen LogP contribution in [0.2, 0.25) is 0 Å². The van der Waals surface area contributed by atoms with Crippen LogP contribution in [0.25, 0.3) is 16.7 Å². The van der Waals surface area contributed by atoms with E-state index in [1.54, 1.807) is 24.0 Å². The van der Waals surface area contributed by atoms with Gasteiger partial charge in [0.15, 0.2) is 5.65 Å². The maximum atomic E-state index is 13.3. The average Bonchev–Trinajstić information content (AvgIpc) is 3.30. The Morgan fingerprint density at radius 2 is 1.86 bits per heavy atom. The monoisotopic (exact) mass is 494 g/mol. The van der Waals surface area contributed by atoms with Crippen molar-refractivity contribution in [2.24, 2.45) is 0 Å². The Bertz CT molecular complexity index is 1410. The minimum Gasteiger partial charge on any atom is -0.388 e. The fourth-order valence-corrected chi connectivity index (χ4v) is 5.02. The number of rotatable bonds is 5. The van der Waals surface area contributed by atoms with E-state index in [0.717, 1.165) is 0 Å². The van der Waals surface area contributed by atoms with Crippen LogP contribution >= 0.6 is 0 Å². The highest BCUT2D eigenvalue weighted by Gasteiger charge is 2.51. The molecule has 0 saturated carbocycles. The fraction of sp³-hybridized carbons (Fsp3) is 0.400. The molecule has 2 amide bonds. The predicted octanol–water partition coefficient (Wildman–Crippen LogP) is 1.25. The SMILES string of the molecule is C=CC(=O)N1CC[C@]1(C)C(=O)N1CCC(O)(Cn2cnc3c(cnn3-c3ccc(F)cc3)c2=O)CC1. The van der Waals surface area contributed by atoms with Crippen molar-refractivity contribution in [2.75, 3.05) is 19.6 Å². The summed E-state index contributed by atoms with van der Waals surface area (Å²) in [5, 5.41) is 15.7. The van der Waals surface area contributed by atoms with Crippen molar-refractivity contribution in [1.29, 1.82) is 0 Å². The van der Waals surface area contributed by atoms with Gasteiger partial charge in [-0.1, -0.05) is 6.58 Å². The van der Waals surface area contributed by atoms with Crippen LogP contribution in [0.1, 0.15) is 26.2 Å². The van der Waals surface area contributed by atoms with Crippen LogP contribution in [0.4, 0.5) is 4.39 Å². The molecule has 0 radical (unpaired) electrons. The maximum Gasteiger partial charge on any atom is 0.264 e. The van der Waals surface area contributed by atoms with Gasteiger partial charge in [0, 0.05) is 19.6 Å². The van der Waals surface area contributed by atoms with E-state index in [-0.39, 0.29) is 48.0 Å². The zero-order chi connectivity index (χ0) is 25.7. The third-order valence-electron chi connectivity index (χ3n) is 7.39. The van der Waals surface area contributed by atoms with E-state index in [9.17, 15) is 23.9 Å². The molecule has 2 aromatic heterocycles. The molecular weight excluding hydrogens is 467 g/mol. The third kappa shape index (κ3) is 3.89. The van der Waals surface area contributed by atoms with E-state index in [2.05, 4.69) is 16.7 Å². The van der Waals surface area contributed by atoms with Crippen LogP contribution in [0, 0.1) is 5.82 Å². The molecule has 11 heteroatoms. The molecule has 0 bridgehead atoms. The first-order chi connectivity index (χ1) is 17.1. The molecule has 0 aliphatic carbocycles. The number of halogens is 1. The number of likely N-dealkylation sites (tertiary alicyclic amines) is 2. The zero-order valence-electron chi connectivity index (χ0n) is 19.9. The number of aliphatic hydroxyl groups is 1. The Balaban J connectivity index is 1.29. The smallest absolute Gasteiger partial charge is 0.264 e. The standard InChI is InChI=1S/C25H27FN6O4/c1-3-20(33)31-13-8-24(31,2)23(35)29-11-9-25(36,10-12-29)15-30-16-27-21-19(22(30)34)14-28-32(21)18-6-4-17(26)5-7-18/h3-7,14,16,36H,1,8-13,15H2,2H3/t24-/m1/s1. The second-order valence-corrected chi connectivity index (χ2v) is 9.68. The summed E-state index contributed by atoms with van der Waals surface area (Å²) in [4.78, 5) is 45.9. The van der Waals surface area contributed by atoms with Crippen molar-refractivity contribution in [3.63, 3.8) is 0 Å². The number of amides is 2. The number of hydrogen-bond acceptors (Lipinski definition) is 6. The van der Waals surface area contributed by atoms with Gasteiger partial charge in [-0.3, -0.25) is 19.0 Å². The van der Waals surface area contributed by atoms with Gasteiger partial charge in [0.05, 0.1) is 24.0 Å². The Morgan fingerprint density at radius 3 is 2.47 bits per heavy atom. The number of nitrogens with zero attached hydrogens (tertiary/aromatic N) is 6. The van der Waals surface area contributed by atoms with Gasteiger partial charge in [-0.05, 0) is 56.5 Å². The summed E-state index contributed by atoms with van der Waals surface area (Å²) < 4.78 is 16.1. The van der Waals surface area contributed by atoms with E-state index < -0.39 is 11.1 Å². The lowest BCUT2D eigenvalue weighted by molar-refractivity contribution is -0.164. The number of carbonyl (C=O) groups is 2. The largest absolute Gasteiger partial charge is 0.388 e. The molecular formula is C25H27FN6O4. The summed E-state index contributed by atoms with van der Waals surface area (Å²) in [5.41, 5.74) is -1.53. The molecule has 0 spiro atoms. The molecule has 3 aromatic rings. The highest BCUT2D eigenvalue weighted by molar-refractivity contribution is 5.96. The Morgan fingerprint density at radius 1 is 1.17 bits per heavy atom. The summed E-state index contributed by atoms with van der Waals surface area (Å²) in [5.74, 6) is -0.786. The predicted molar refractivity (Wildman–Crippen MR) is 129 cm³/mol. The molecule has 36 heavy (non-hydrogen) atoms. The quantitative estimate of drug-likeness (QED) is 0.534. The van der Waals surface area contributed by atoms with Gasteiger partial charge < -0.3 is 14.9 Å². The van der Waals surface area contributed by atoms with Crippen molar-refractivity contribution in [2.45, 2.75) is 43.9 Å². The number of benzene rings is 1. The second kappa shape index (κ2) is 8.66. The molecule has 1 aromatic carbocycles. The van der Waals surface area contributed by atoms with E-state index in [4.69, 9.17) is 0 Å². The highest BCUT2D eigenvalue weighted by atomic mass is 19.1. The molecule has 0 unspecified atom stereocenters. The molecule has 2 aliphatic rings. The molecule has 1 N–H and O–H groups in total. The minimum absolute atomic E-state index is 0.0247. The van der Waals surface area contributed by atoms with Gasteiger partial charge >= 0.3 is 0 Å². The third-order valence-corrected chi connectivity index (χ3v) is 7.39. The Labute approximate surface area is 206 Å². The molecule has 10 nitrogen and oxygen atoms in total. The number of fused-ring (bicyclic) bond motifs is 1. The summed E-state index contributed by atoms with van der Waals surface area (Å²) in [7, 11) is 0. The number of hydrogen-bond donors (Lipinski definition) is 1. The number of carbonyl (C=O) groups excluding carboxylic acids is 2. The molecule has 2 aliphatic heterocycles. The van der Waals surface area contributed by atoms with Crippen molar-refractivity contribution in [3.05, 3.63) is 65.6 Å². The van der Waals surface area contributed by atoms with Gasteiger partial charge in [0.25, 0.3) is 5.56 Å². The highest BCUT2D eigenvalue weighted by Crippen LogP contribution is 2.34. The van der Waals surface area contributed by atoms with Crippen LogP contribution in [-0.4, -0.2) is 76.8 Å². The first-order valence-corrected chi connectivity index (χ1v) is 11.8. The lowest BCUT2D eigenvalue weighted by atomic mass is 9.83. The number of piperidine rings is 1. The molecule has 2 fully saturated rings. The summed E-state index contributed by atoms with van der Waals surface area (Å²) in [6.45, 7) is 6.43. The minimum atomic E-state index is -1.19. The topological polar surface area (TPSA) is 114 Å². The van der Waals surface area contributed by atoms with Crippen molar-refractivity contribution in [3.8, 4) is 5.69 Å². The van der Waals surface area contributed by atoms with Gasteiger partial charge in [0.1, 0.15) is 23.1 Å². The van der Waals surface area contributed by atoms with Crippen molar-refractivity contribution < 1.29 is 19.1 Å². The van der Waals surface area contributed by atoms with Gasteiger partial charge in [-0.15, -0.1) is 0 Å². The molecule has 4 heterocycles.